The van der Waals surface area contributed by atoms with Crippen molar-refractivity contribution in [1.29, 1.82) is 0 Å². The molecule has 11 rings (SSSR count). The Morgan fingerprint density at radius 2 is 0.925 bits per heavy atom. The largest absolute Gasteiger partial charge is 0.508 e. The summed E-state index contributed by atoms with van der Waals surface area (Å²) in [5.41, 5.74) is 20.0. The zero-order chi connectivity index (χ0) is 35.3. The molecule has 7 aromatic rings. The van der Waals surface area contributed by atoms with Crippen LogP contribution in [0.2, 0.25) is 0 Å². The molecule has 0 saturated heterocycles. The van der Waals surface area contributed by atoms with Gasteiger partial charge < -0.3 is 5.11 Å². The first-order valence-corrected chi connectivity index (χ1v) is 19.0. The van der Waals surface area contributed by atoms with E-state index < -0.39 is 11.3 Å². The molecule has 7 aromatic carbocycles. The van der Waals surface area contributed by atoms with E-state index in [-0.39, 0.29) is 17.5 Å². The van der Waals surface area contributed by atoms with Crippen molar-refractivity contribution in [2.24, 2.45) is 0 Å². The number of fused-ring (bicyclic) bond motifs is 9. The molecule has 2 atom stereocenters. The number of Topliss-reactive ketones (excluding diaryl/α,β-unsaturated/α-hetero) is 1. The van der Waals surface area contributed by atoms with Crippen LogP contribution in [0.1, 0.15) is 80.3 Å². The second-order valence-corrected chi connectivity index (χ2v) is 15.6. The molecule has 0 amide bonds. The molecular formula is C51H38O2. The number of benzene rings is 7. The van der Waals surface area contributed by atoms with Crippen molar-refractivity contribution in [3.05, 3.63) is 207 Å². The van der Waals surface area contributed by atoms with Gasteiger partial charge >= 0.3 is 0 Å². The van der Waals surface area contributed by atoms with Gasteiger partial charge in [0.15, 0.2) is 0 Å². The second-order valence-electron chi connectivity index (χ2n) is 15.6. The van der Waals surface area contributed by atoms with Crippen LogP contribution >= 0.6 is 0 Å². The summed E-state index contributed by atoms with van der Waals surface area (Å²) in [4.78, 5) is 15.5. The number of phenols is 1. The lowest BCUT2D eigenvalue weighted by atomic mass is 9.52. The van der Waals surface area contributed by atoms with Crippen molar-refractivity contribution in [1.82, 2.24) is 0 Å². The normalized spacial score (nSPS) is 18.5. The highest BCUT2D eigenvalue weighted by molar-refractivity contribution is 5.93. The average Bonchev–Trinajstić information content (AvgIpc) is 3.89. The molecule has 0 radical (unpaired) electrons. The van der Waals surface area contributed by atoms with Gasteiger partial charge in [-0.15, -0.1) is 0 Å². The number of hydrogen-bond acceptors (Lipinski definition) is 2. The van der Waals surface area contributed by atoms with E-state index in [0.717, 1.165) is 31.2 Å². The van der Waals surface area contributed by atoms with Crippen molar-refractivity contribution in [2.75, 3.05) is 0 Å². The Morgan fingerprint density at radius 3 is 1.47 bits per heavy atom. The minimum absolute atomic E-state index is 0.0272. The first kappa shape index (κ1) is 30.6. The summed E-state index contributed by atoms with van der Waals surface area (Å²) in [6, 6.07) is 54.4. The topological polar surface area (TPSA) is 37.3 Å². The standard InChI is InChI=1S/C51H38O2/c52-36-24-22-31(23-25-36)50-49(53)29-35(40-16-7-17-41-37-13-4-1-10-32(37)26-44(40)41)30-51(50,47-20-8-18-42-38-14-5-2-11-33(38)27-45(42)47)48-21-9-19-43-39-15-6-3-12-34(39)28-46(43)48/h1-25,35,50,52H,26-30H2. The van der Waals surface area contributed by atoms with E-state index in [4.69, 9.17) is 0 Å². The Kier molecular flexibility index (Phi) is 6.65. The van der Waals surface area contributed by atoms with E-state index >= 15 is 4.79 Å². The Balaban J connectivity index is 1.21. The molecule has 0 bridgehead atoms. The first-order chi connectivity index (χ1) is 26.1. The second kappa shape index (κ2) is 11.5. The third-order valence-electron chi connectivity index (χ3n) is 13.0. The molecule has 1 N–H and O–H groups in total. The van der Waals surface area contributed by atoms with Crippen LogP contribution in [0.15, 0.2) is 152 Å². The van der Waals surface area contributed by atoms with Gasteiger partial charge in [0.2, 0.25) is 0 Å². The summed E-state index contributed by atoms with van der Waals surface area (Å²) < 4.78 is 0. The van der Waals surface area contributed by atoms with Gasteiger partial charge in [0, 0.05) is 11.8 Å². The van der Waals surface area contributed by atoms with Crippen molar-refractivity contribution in [2.45, 2.75) is 49.4 Å². The van der Waals surface area contributed by atoms with Crippen LogP contribution in [0.25, 0.3) is 33.4 Å². The van der Waals surface area contributed by atoms with Gasteiger partial charge in [0.05, 0.1) is 5.92 Å². The van der Waals surface area contributed by atoms with Crippen LogP contribution in [0.4, 0.5) is 0 Å². The van der Waals surface area contributed by atoms with E-state index in [2.05, 4.69) is 127 Å². The number of aromatic hydroxyl groups is 1. The lowest BCUT2D eigenvalue weighted by Crippen LogP contribution is -2.46. The first-order valence-electron chi connectivity index (χ1n) is 19.0. The van der Waals surface area contributed by atoms with Crippen LogP contribution < -0.4 is 0 Å². The summed E-state index contributed by atoms with van der Waals surface area (Å²) in [6.45, 7) is 0. The zero-order valence-corrected chi connectivity index (χ0v) is 29.5. The predicted octanol–water partition coefficient (Wildman–Crippen LogP) is 11.3. The van der Waals surface area contributed by atoms with Crippen molar-refractivity contribution in [3.63, 3.8) is 0 Å². The maximum absolute atomic E-state index is 15.5. The smallest absolute Gasteiger partial charge is 0.142 e. The van der Waals surface area contributed by atoms with Crippen molar-refractivity contribution < 1.29 is 9.90 Å². The van der Waals surface area contributed by atoms with Crippen LogP contribution in [-0.2, 0) is 29.5 Å². The summed E-state index contributed by atoms with van der Waals surface area (Å²) in [6.07, 6.45) is 3.86. The summed E-state index contributed by atoms with van der Waals surface area (Å²) >= 11 is 0. The molecule has 254 valence electrons. The molecule has 2 unspecified atom stereocenters. The molecule has 0 heterocycles. The van der Waals surface area contributed by atoms with Crippen LogP contribution in [0.5, 0.6) is 5.75 Å². The third-order valence-corrected chi connectivity index (χ3v) is 13.0. The number of carbonyl (C=O) groups excluding carboxylic acids is 1. The molecule has 0 aromatic heterocycles. The van der Waals surface area contributed by atoms with E-state index in [1.165, 1.54) is 83.5 Å². The zero-order valence-electron chi connectivity index (χ0n) is 29.5. The summed E-state index contributed by atoms with van der Waals surface area (Å²) in [5.74, 6) is 0.0754. The predicted molar refractivity (Wildman–Crippen MR) is 213 cm³/mol. The molecular weight excluding hydrogens is 645 g/mol. The van der Waals surface area contributed by atoms with E-state index in [9.17, 15) is 5.11 Å². The van der Waals surface area contributed by atoms with Gasteiger partial charge in [0.1, 0.15) is 11.5 Å². The minimum Gasteiger partial charge on any atom is -0.508 e. The molecule has 4 aliphatic carbocycles. The average molecular weight is 683 g/mol. The van der Waals surface area contributed by atoms with Gasteiger partial charge in [-0.2, -0.15) is 0 Å². The monoisotopic (exact) mass is 682 g/mol. The molecule has 53 heavy (non-hydrogen) atoms. The van der Waals surface area contributed by atoms with Crippen LogP contribution in [-0.4, -0.2) is 10.9 Å². The van der Waals surface area contributed by atoms with Crippen LogP contribution in [0.3, 0.4) is 0 Å². The van der Waals surface area contributed by atoms with Gasteiger partial charge in [0.25, 0.3) is 0 Å². The maximum atomic E-state index is 15.5. The van der Waals surface area contributed by atoms with Crippen LogP contribution in [0, 0.1) is 0 Å². The summed E-state index contributed by atoms with van der Waals surface area (Å²) in [5, 5.41) is 10.5. The van der Waals surface area contributed by atoms with Gasteiger partial charge in [-0.1, -0.05) is 140 Å². The molecule has 0 aliphatic heterocycles. The number of ketones is 1. The Morgan fingerprint density at radius 1 is 0.472 bits per heavy atom. The quantitative estimate of drug-likeness (QED) is 0.201. The number of phenolic OH excluding ortho intramolecular Hbond substituents is 1. The molecule has 1 saturated carbocycles. The van der Waals surface area contributed by atoms with E-state index in [1.54, 1.807) is 12.1 Å². The van der Waals surface area contributed by atoms with Gasteiger partial charge in [-0.3, -0.25) is 4.79 Å². The Labute approximate surface area is 310 Å². The fourth-order valence-electron chi connectivity index (χ4n) is 11.0. The van der Waals surface area contributed by atoms with Crippen molar-refractivity contribution >= 4 is 5.78 Å². The number of hydrogen-bond donors (Lipinski definition) is 1. The SMILES string of the molecule is O=C1CC(c2cccc3c2Cc2ccccc2-3)CC(c2cccc3c2Cc2ccccc2-3)(c2cccc3c2Cc2ccccc2-3)C1c1ccc(O)cc1. The highest BCUT2D eigenvalue weighted by Gasteiger charge is 2.54. The molecule has 0 spiro atoms. The third kappa shape index (κ3) is 4.42. The van der Waals surface area contributed by atoms with E-state index in [0.29, 0.717) is 6.42 Å². The minimum atomic E-state index is -0.675. The maximum Gasteiger partial charge on any atom is 0.142 e. The fraction of sp³-hybridized carbons (Fsp3) is 0.157. The Bertz CT molecular complexity index is 2550. The Hall–Kier alpha value is -5.99. The van der Waals surface area contributed by atoms with Gasteiger partial charge in [-0.25, -0.2) is 0 Å². The fourth-order valence-corrected chi connectivity index (χ4v) is 11.0. The molecule has 4 aliphatic rings. The van der Waals surface area contributed by atoms with Gasteiger partial charge in [-0.05, 0) is 133 Å². The lowest BCUT2D eigenvalue weighted by molar-refractivity contribution is -0.124. The number of rotatable bonds is 4. The lowest BCUT2D eigenvalue weighted by Gasteiger charge is -2.49. The highest BCUT2D eigenvalue weighted by atomic mass is 16.3. The molecule has 1 fully saturated rings. The highest BCUT2D eigenvalue weighted by Crippen LogP contribution is 2.60. The summed E-state index contributed by atoms with van der Waals surface area (Å²) in [7, 11) is 0. The number of carbonyl (C=O) groups is 1. The van der Waals surface area contributed by atoms with E-state index in [1.807, 2.05) is 12.1 Å². The molecule has 2 nitrogen and oxygen atoms in total. The molecule has 2 heteroatoms. The van der Waals surface area contributed by atoms with Crippen molar-refractivity contribution in [3.8, 4) is 39.1 Å².